The van der Waals surface area contributed by atoms with E-state index in [-0.39, 0.29) is 29.8 Å². The summed E-state index contributed by atoms with van der Waals surface area (Å²) in [5.41, 5.74) is 8.89. The molecule has 0 saturated heterocycles. The van der Waals surface area contributed by atoms with Crippen LogP contribution < -0.4 is 4.90 Å². The monoisotopic (exact) mass is 503 g/mol. The van der Waals surface area contributed by atoms with Crippen molar-refractivity contribution in [2.75, 3.05) is 32.2 Å². The van der Waals surface area contributed by atoms with Crippen LogP contribution in [0.2, 0.25) is 0 Å². The van der Waals surface area contributed by atoms with E-state index in [1.54, 1.807) is 21.1 Å². The lowest BCUT2D eigenvalue weighted by Gasteiger charge is -2.51. The van der Waals surface area contributed by atoms with E-state index in [1.165, 1.54) is 22.4 Å². The number of ketones is 1. The summed E-state index contributed by atoms with van der Waals surface area (Å²) in [7, 11) is 3.60. The van der Waals surface area contributed by atoms with Crippen molar-refractivity contribution in [3.8, 4) is 5.69 Å². The maximum Gasteiger partial charge on any atom is 0.159 e. The smallest absolute Gasteiger partial charge is 0.159 e. The minimum Gasteiger partial charge on any atom is -0.380 e. The fourth-order valence-corrected chi connectivity index (χ4v) is 6.03. The third-order valence-corrected chi connectivity index (χ3v) is 8.04. The molecule has 2 unspecified atom stereocenters. The van der Waals surface area contributed by atoms with Crippen molar-refractivity contribution in [2.45, 2.75) is 72.0 Å². The molecular weight excluding hydrogens is 462 g/mol. The second-order valence-corrected chi connectivity index (χ2v) is 10.1. The molecule has 0 aliphatic heterocycles. The SMILES string of the molecule is CCc1nn(-c2cccc(C(C)=O)c2)cc1C1C(OC)C(c2cc(C)c(N(CC)CC)cc2C)C1OC. The van der Waals surface area contributed by atoms with E-state index in [9.17, 15) is 4.79 Å². The lowest BCUT2D eigenvalue weighted by Crippen LogP contribution is -2.54. The Balaban J connectivity index is 1.72. The van der Waals surface area contributed by atoms with Gasteiger partial charge in [0, 0.05) is 62.2 Å². The van der Waals surface area contributed by atoms with E-state index >= 15 is 0 Å². The van der Waals surface area contributed by atoms with E-state index in [4.69, 9.17) is 14.6 Å². The first-order valence-electron chi connectivity index (χ1n) is 13.4. The Labute approximate surface area is 221 Å². The summed E-state index contributed by atoms with van der Waals surface area (Å²) in [6, 6.07) is 12.3. The summed E-state index contributed by atoms with van der Waals surface area (Å²) < 4.78 is 14.2. The fourth-order valence-electron chi connectivity index (χ4n) is 6.03. The molecule has 1 aliphatic carbocycles. The molecule has 1 aliphatic rings. The molecule has 1 fully saturated rings. The van der Waals surface area contributed by atoms with E-state index < -0.39 is 0 Å². The molecule has 1 heterocycles. The third-order valence-electron chi connectivity index (χ3n) is 8.04. The predicted molar refractivity (Wildman–Crippen MR) is 149 cm³/mol. The number of rotatable bonds is 10. The quantitative estimate of drug-likeness (QED) is 0.317. The summed E-state index contributed by atoms with van der Waals surface area (Å²) in [6.07, 6.45) is 2.86. The number of anilines is 1. The Morgan fingerprint density at radius 3 is 2.16 bits per heavy atom. The van der Waals surface area contributed by atoms with Gasteiger partial charge in [-0.25, -0.2) is 4.68 Å². The molecular formula is C31H41N3O3. The van der Waals surface area contributed by atoms with Crippen LogP contribution in [-0.4, -0.2) is 55.1 Å². The Kier molecular flexibility index (Phi) is 8.20. The summed E-state index contributed by atoms with van der Waals surface area (Å²) in [5, 5.41) is 4.91. The number of ether oxygens (including phenoxy) is 2. The zero-order valence-corrected chi connectivity index (χ0v) is 23.5. The molecule has 1 saturated carbocycles. The van der Waals surface area contributed by atoms with Crippen molar-refractivity contribution in [1.29, 1.82) is 0 Å². The van der Waals surface area contributed by atoms with Gasteiger partial charge in [0.1, 0.15) is 0 Å². The molecule has 3 aromatic rings. The van der Waals surface area contributed by atoms with Crippen LogP contribution in [0.1, 0.15) is 77.8 Å². The molecule has 0 N–H and O–H groups in total. The number of aryl methyl sites for hydroxylation is 3. The second kappa shape index (κ2) is 11.2. The van der Waals surface area contributed by atoms with Gasteiger partial charge in [0.2, 0.25) is 0 Å². The fraction of sp³-hybridized carbons (Fsp3) is 0.484. The number of hydrogen-bond acceptors (Lipinski definition) is 5. The van der Waals surface area contributed by atoms with Crippen LogP contribution in [0.25, 0.3) is 5.69 Å². The maximum absolute atomic E-state index is 11.9. The largest absolute Gasteiger partial charge is 0.380 e. The molecule has 0 radical (unpaired) electrons. The van der Waals surface area contributed by atoms with Gasteiger partial charge in [-0.05, 0) is 75.9 Å². The van der Waals surface area contributed by atoms with Gasteiger partial charge >= 0.3 is 0 Å². The number of carbonyl (C=O) groups is 1. The minimum atomic E-state index is -0.0196. The first kappa shape index (κ1) is 27.1. The van der Waals surface area contributed by atoms with Crippen molar-refractivity contribution in [3.63, 3.8) is 0 Å². The van der Waals surface area contributed by atoms with E-state index in [2.05, 4.69) is 57.8 Å². The summed E-state index contributed by atoms with van der Waals surface area (Å²) >= 11 is 0. The summed E-state index contributed by atoms with van der Waals surface area (Å²) in [4.78, 5) is 14.3. The first-order chi connectivity index (χ1) is 17.8. The van der Waals surface area contributed by atoms with Crippen molar-refractivity contribution in [1.82, 2.24) is 9.78 Å². The lowest BCUT2D eigenvalue weighted by atomic mass is 9.62. The molecule has 37 heavy (non-hydrogen) atoms. The van der Waals surface area contributed by atoms with Crippen LogP contribution in [0.5, 0.6) is 0 Å². The highest BCUT2D eigenvalue weighted by atomic mass is 16.5. The standard InChI is InChI=1S/C31H41N3O3/c1-9-26-25(18-34(32-26)23-14-12-13-22(17-23)21(6)35)29-30(36-7)28(31(29)37-8)24-15-20(5)27(16-19(24)4)33(10-2)11-3/h12-18,28-31H,9-11H2,1-8H3. The molecule has 198 valence electrons. The Bertz CT molecular complexity index is 1250. The van der Waals surface area contributed by atoms with Crippen LogP contribution in [0, 0.1) is 13.8 Å². The summed E-state index contributed by atoms with van der Waals surface area (Å²) in [6.45, 7) is 14.5. The zero-order valence-electron chi connectivity index (χ0n) is 23.5. The van der Waals surface area contributed by atoms with Gasteiger partial charge < -0.3 is 14.4 Å². The number of benzene rings is 2. The maximum atomic E-state index is 11.9. The number of hydrogen-bond donors (Lipinski definition) is 0. The molecule has 0 bridgehead atoms. The van der Waals surface area contributed by atoms with Crippen LogP contribution in [0.4, 0.5) is 5.69 Å². The molecule has 6 heteroatoms. The van der Waals surface area contributed by atoms with Gasteiger partial charge in [-0.2, -0.15) is 5.10 Å². The van der Waals surface area contributed by atoms with Crippen LogP contribution in [0.15, 0.2) is 42.6 Å². The van der Waals surface area contributed by atoms with Crippen LogP contribution in [0.3, 0.4) is 0 Å². The van der Waals surface area contributed by atoms with E-state index in [1.807, 2.05) is 28.9 Å². The van der Waals surface area contributed by atoms with Crippen LogP contribution >= 0.6 is 0 Å². The minimum absolute atomic E-state index is 0.0196. The normalized spacial score (nSPS) is 21.1. The number of methoxy groups -OCH3 is 2. The molecule has 6 nitrogen and oxygen atoms in total. The van der Waals surface area contributed by atoms with Gasteiger partial charge in [-0.1, -0.05) is 25.1 Å². The average molecular weight is 504 g/mol. The molecule has 0 amide bonds. The highest BCUT2D eigenvalue weighted by Crippen LogP contribution is 2.53. The van der Waals surface area contributed by atoms with Crippen molar-refractivity contribution in [2.24, 2.45) is 0 Å². The van der Waals surface area contributed by atoms with Crippen molar-refractivity contribution >= 4 is 11.5 Å². The highest BCUT2D eigenvalue weighted by Gasteiger charge is 2.54. The van der Waals surface area contributed by atoms with E-state index in [0.29, 0.717) is 5.56 Å². The first-order valence-corrected chi connectivity index (χ1v) is 13.4. The van der Waals surface area contributed by atoms with Gasteiger partial charge in [0.15, 0.2) is 5.78 Å². The number of nitrogens with zero attached hydrogens (tertiary/aromatic N) is 3. The lowest BCUT2D eigenvalue weighted by molar-refractivity contribution is -0.116. The highest BCUT2D eigenvalue weighted by molar-refractivity contribution is 5.94. The topological polar surface area (TPSA) is 56.6 Å². The van der Waals surface area contributed by atoms with Gasteiger partial charge in [0.05, 0.1) is 23.6 Å². The average Bonchev–Trinajstić information content (AvgIpc) is 3.31. The van der Waals surface area contributed by atoms with Crippen molar-refractivity contribution in [3.05, 3.63) is 76.1 Å². The van der Waals surface area contributed by atoms with Crippen LogP contribution in [-0.2, 0) is 15.9 Å². The Morgan fingerprint density at radius 2 is 1.59 bits per heavy atom. The Hall–Kier alpha value is -2.96. The molecule has 0 spiro atoms. The van der Waals surface area contributed by atoms with Gasteiger partial charge in [0.25, 0.3) is 0 Å². The van der Waals surface area contributed by atoms with Crippen molar-refractivity contribution < 1.29 is 14.3 Å². The molecule has 1 aromatic heterocycles. The van der Waals surface area contributed by atoms with Gasteiger partial charge in [-0.15, -0.1) is 0 Å². The summed E-state index contributed by atoms with van der Waals surface area (Å²) in [5.74, 6) is 0.253. The zero-order chi connectivity index (χ0) is 26.9. The molecule has 4 rings (SSSR count). The predicted octanol–water partition coefficient (Wildman–Crippen LogP) is 6.01. The molecule has 2 aromatic carbocycles. The number of aromatic nitrogens is 2. The third kappa shape index (κ3) is 4.85. The van der Waals surface area contributed by atoms with E-state index in [0.717, 1.165) is 36.5 Å². The second-order valence-electron chi connectivity index (χ2n) is 10.1. The molecule has 2 atom stereocenters. The number of Topliss-reactive ketones (excluding diaryl/α,β-unsaturated/α-hetero) is 1. The van der Waals surface area contributed by atoms with Gasteiger partial charge in [-0.3, -0.25) is 4.79 Å². The number of carbonyl (C=O) groups excluding carboxylic acids is 1. The Morgan fingerprint density at radius 1 is 0.946 bits per heavy atom.